The number of hydrogen-bond acceptors (Lipinski definition) is 3. The average Bonchev–Trinajstić information content (AvgIpc) is 2.60. The Morgan fingerprint density at radius 3 is 2.25 bits per heavy atom. The van der Waals surface area contributed by atoms with Crippen molar-refractivity contribution in [3.63, 3.8) is 0 Å². The van der Waals surface area contributed by atoms with E-state index in [1.54, 1.807) is 0 Å². The summed E-state index contributed by atoms with van der Waals surface area (Å²) in [6.07, 6.45) is 0.957. The number of alkyl halides is 1. The summed E-state index contributed by atoms with van der Waals surface area (Å²) >= 11 is 3.53. The van der Waals surface area contributed by atoms with E-state index in [0.29, 0.717) is 11.8 Å². The minimum absolute atomic E-state index is 0.179. The Kier molecular flexibility index (Phi) is 2.69. The van der Waals surface area contributed by atoms with Gasteiger partial charge in [-0.2, -0.15) is 0 Å². The third kappa shape index (κ3) is 1.53. The predicted molar refractivity (Wildman–Crippen MR) is 66.6 cm³/mol. The summed E-state index contributed by atoms with van der Waals surface area (Å²) in [5.41, 5.74) is 0.510. The highest BCUT2D eigenvalue weighted by atomic mass is 79.9. The van der Waals surface area contributed by atoms with Gasteiger partial charge in [-0.3, -0.25) is 0 Å². The van der Waals surface area contributed by atoms with Gasteiger partial charge in [0.05, 0.1) is 4.83 Å². The Balaban J connectivity index is 2.22. The van der Waals surface area contributed by atoms with Crippen molar-refractivity contribution in [3.05, 3.63) is 11.8 Å². The molecule has 1 aromatic heterocycles. The molecule has 0 amide bonds. The molecule has 1 aromatic rings. The molecule has 4 heteroatoms. The van der Waals surface area contributed by atoms with Gasteiger partial charge in [-0.1, -0.05) is 50.5 Å². The summed E-state index contributed by atoms with van der Waals surface area (Å²) in [7, 11) is 0. The van der Waals surface area contributed by atoms with Crippen LogP contribution < -0.4 is 0 Å². The van der Waals surface area contributed by atoms with Crippen LogP contribution in [0, 0.1) is 10.8 Å². The van der Waals surface area contributed by atoms with Crippen molar-refractivity contribution in [2.45, 2.75) is 51.8 Å². The number of aromatic nitrogens is 2. The first-order valence-corrected chi connectivity index (χ1v) is 6.71. The molecule has 0 bridgehead atoms. The topological polar surface area (TPSA) is 38.9 Å². The third-order valence-corrected chi connectivity index (χ3v) is 5.39. The van der Waals surface area contributed by atoms with E-state index in [1.165, 1.54) is 0 Å². The summed E-state index contributed by atoms with van der Waals surface area (Å²) < 4.78 is 5.76. The highest BCUT2D eigenvalue weighted by Gasteiger charge is 2.67. The van der Waals surface area contributed by atoms with Crippen LogP contribution in [0.25, 0.3) is 0 Å². The highest BCUT2D eigenvalue weighted by Crippen LogP contribution is 2.73. The molecule has 1 atom stereocenters. The molecule has 1 unspecified atom stereocenters. The third-order valence-electron chi connectivity index (χ3n) is 4.35. The molecule has 16 heavy (non-hydrogen) atoms. The van der Waals surface area contributed by atoms with Crippen LogP contribution >= 0.6 is 15.9 Å². The lowest BCUT2D eigenvalue weighted by Crippen LogP contribution is -1.95. The van der Waals surface area contributed by atoms with Crippen LogP contribution in [0.5, 0.6) is 0 Å². The molecule has 2 rings (SSSR count). The maximum absolute atomic E-state index is 5.76. The van der Waals surface area contributed by atoms with Gasteiger partial charge < -0.3 is 4.42 Å². The molecule has 1 saturated carbocycles. The van der Waals surface area contributed by atoms with Crippen LogP contribution in [0.15, 0.2) is 4.42 Å². The Morgan fingerprint density at radius 1 is 1.25 bits per heavy atom. The van der Waals surface area contributed by atoms with Crippen molar-refractivity contribution in [2.75, 3.05) is 0 Å². The van der Waals surface area contributed by atoms with Crippen molar-refractivity contribution < 1.29 is 4.42 Å². The largest absolute Gasteiger partial charge is 0.424 e. The number of halogens is 1. The van der Waals surface area contributed by atoms with Gasteiger partial charge in [0.1, 0.15) is 0 Å². The summed E-state index contributed by atoms with van der Waals surface area (Å²) in [6, 6.07) is 0. The van der Waals surface area contributed by atoms with E-state index in [-0.39, 0.29) is 15.7 Å². The van der Waals surface area contributed by atoms with Crippen molar-refractivity contribution in [3.8, 4) is 0 Å². The summed E-state index contributed by atoms with van der Waals surface area (Å²) in [4.78, 5) is 0.179. The zero-order valence-corrected chi connectivity index (χ0v) is 12.1. The second-order valence-electron chi connectivity index (χ2n) is 5.73. The van der Waals surface area contributed by atoms with Gasteiger partial charge in [-0.15, -0.1) is 10.2 Å². The average molecular weight is 287 g/mol. The number of rotatable bonds is 3. The minimum Gasteiger partial charge on any atom is -0.424 e. The fraction of sp³-hybridized carbons (Fsp3) is 0.833. The van der Waals surface area contributed by atoms with Gasteiger partial charge in [0.25, 0.3) is 0 Å². The van der Waals surface area contributed by atoms with E-state index in [0.717, 1.165) is 12.3 Å². The van der Waals surface area contributed by atoms with E-state index in [2.05, 4.69) is 60.7 Å². The summed E-state index contributed by atoms with van der Waals surface area (Å²) in [6.45, 7) is 11.1. The van der Waals surface area contributed by atoms with Crippen molar-refractivity contribution in [1.82, 2.24) is 10.2 Å². The first kappa shape index (κ1) is 12.1. The van der Waals surface area contributed by atoms with Gasteiger partial charge in [-0.05, 0) is 17.3 Å². The molecule has 1 fully saturated rings. The van der Waals surface area contributed by atoms with E-state index < -0.39 is 0 Å². The van der Waals surface area contributed by atoms with E-state index in [9.17, 15) is 0 Å². The van der Waals surface area contributed by atoms with Gasteiger partial charge in [0.15, 0.2) is 0 Å². The molecule has 0 saturated heterocycles. The Hall–Kier alpha value is -0.380. The molecule has 0 spiro atoms. The normalized spacial score (nSPS) is 24.4. The molecule has 90 valence electrons. The standard InChI is InChI=1S/C12H19BrN2O/c1-6-7(13)9-14-15-10(16-9)8-11(2,3)12(8,4)5/h7-8H,6H2,1-5H3. The molecule has 0 aromatic carbocycles. The van der Waals surface area contributed by atoms with Gasteiger partial charge >= 0.3 is 0 Å². The van der Waals surface area contributed by atoms with Crippen LogP contribution in [0.1, 0.15) is 63.6 Å². The van der Waals surface area contributed by atoms with Gasteiger partial charge in [0.2, 0.25) is 11.8 Å². The monoisotopic (exact) mass is 286 g/mol. The van der Waals surface area contributed by atoms with Crippen LogP contribution in [-0.2, 0) is 0 Å². The molecular formula is C12H19BrN2O. The SMILES string of the molecule is CCC(Br)c1nnc(C2C(C)(C)C2(C)C)o1. The second kappa shape index (κ2) is 3.56. The molecule has 1 aliphatic carbocycles. The Bertz CT molecular complexity index is 383. The molecule has 1 aliphatic rings. The fourth-order valence-electron chi connectivity index (χ4n) is 2.48. The smallest absolute Gasteiger partial charge is 0.230 e. The quantitative estimate of drug-likeness (QED) is 0.787. The lowest BCUT2D eigenvalue weighted by molar-refractivity contribution is 0.428. The molecule has 0 N–H and O–H groups in total. The molecular weight excluding hydrogens is 268 g/mol. The molecule has 0 aliphatic heterocycles. The first-order chi connectivity index (χ1) is 7.32. The maximum Gasteiger partial charge on any atom is 0.230 e. The second-order valence-corrected chi connectivity index (χ2v) is 6.84. The van der Waals surface area contributed by atoms with E-state index in [4.69, 9.17) is 4.42 Å². The predicted octanol–water partition coefficient (Wildman–Crippen LogP) is 4.07. The van der Waals surface area contributed by atoms with E-state index in [1.807, 2.05) is 0 Å². The van der Waals surface area contributed by atoms with Gasteiger partial charge in [0, 0.05) is 5.92 Å². The number of hydrogen-bond donors (Lipinski definition) is 0. The minimum atomic E-state index is 0.179. The van der Waals surface area contributed by atoms with E-state index >= 15 is 0 Å². The van der Waals surface area contributed by atoms with Crippen molar-refractivity contribution in [1.29, 1.82) is 0 Å². The first-order valence-electron chi connectivity index (χ1n) is 5.79. The van der Waals surface area contributed by atoms with Crippen LogP contribution in [-0.4, -0.2) is 10.2 Å². The number of nitrogens with zero attached hydrogens (tertiary/aromatic N) is 2. The zero-order chi connectivity index (χ0) is 12.1. The Labute approximate surface area is 105 Å². The van der Waals surface area contributed by atoms with Crippen LogP contribution in [0.3, 0.4) is 0 Å². The van der Waals surface area contributed by atoms with Crippen molar-refractivity contribution >= 4 is 15.9 Å². The lowest BCUT2D eigenvalue weighted by atomic mass is 10.0. The summed E-state index contributed by atoms with van der Waals surface area (Å²) in [5, 5.41) is 8.31. The highest BCUT2D eigenvalue weighted by molar-refractivity contribution is 9.09. The molecule has 3 nitrogen and oxygen atoms in total. The molecule has 0 radical (unpaired) electrons. The fourth-order valence-corrected chi connectivity index (χ4v) is 2.66. The van der Waals surface area contributed by atoms with Crippen LogP contribution in [0.4, 0.5) is 0 Å². The van der Waals surface area contributed by atoms with Crippen LogP contribution in [0.2, 0.25) is 0 Å². The molecule has 1 heterocycles. The van der Waals surface area contributed by atoms with Gasteiger partial charge in [-0.25, -0.2) is 0 Å². The Morgan fingerprint density at radius 2 is 1.81 bits per heavy atom. The summed E-state index contributed by atoms with van der Waals surface area (Å²) in [5.74, 6) is 1.89. The zero-order valence-electron chi connectivity index (χ0n) is 10.5. The lowest BCUT2D eigenvalue weighted by Gasteiger charge is -2.03. The van der Waals surface area contributed by atoms with Crippen molar-refractivity contribution in [2.24, 2.45) is 10.8 Å². The maximum atomic E-state index is 5.76.